The van der Waals surface area contributed by atoms with E-state index in [9.17, 15) is 26.7 Å². The Labute approximate surface area is 165 Å². The molecule has 3 rings (SSSR count). The molecule has 2 aromatic rings. The minimum atomic E-state index is -4.78. The maximum Gasteiger partial charge on any atom is 0.421 e. The molecule has 1 fully saturated rings. The molecule has 0 radical (unpaired) electrons. The van der Waals surface area contributed by atoms with E-state index in [1.807, 2.05) is 11.8 Å². The van der Waals surface area contributed by atoms with Crippen LogP contribution in [0.5, 0.6) is 0 Å². The number of aliphatic hydroxyl groups is 1. The van der Waals surface area contributed by atoms with E-state index in [-0.39, 0.29) is 29.0 Å². The van der Waals surface area contributed by atoms with Gasteiger partial charge in [0.05, 0.1) is 0 Å². The minimum Gasteiger partial charge on any atom is -0.376 e. The fraction of sp³-hybridized carbons (Fsp3) is 0.471. The Morgan fingerprint density at radius 1 is 1.21 bits per heavy atom. The van der Waals surface area contributed by atoms with Gasteiger partial charge in [0.2, 0.25) is 4.34 Å². The molecule has 0 amide bonds. The molecule has 1 unspecified atom stereocenters. The van der Waals surface area contributed by atoms with Crippen LogP contribution in [-0.4, -0.2) is 54.7 Å². The maximum atomic E-state index is 13.0. The number of benzene rings is 1. The van der Waals surface area contributed by atoms with Crippen LogP contribution >= 0.6 is 11.3 Å². The normalized spacial score (nSPS) is 21.5. The Morgan fingerprint density at radius 3 is 2.36 bits per heavy atom. The summed E-state index contributed by atoms with van der Waals surface area (Å²) >= 11 is 1.06. The van der Waals surface area contributed by atoms with E-state index < -0.39 is 21.8 Å². The smallest absolute Gasteiger partial charge is 0.376 e. The molecule has 0 bridgehead atoms. The molecule has 1 aliphatic rings. The van der Waals surface area contributed by atoms with Crippen molar-refractivity contribution in [1.29, 1.82) is 0 Å². The zero-order chi connectivity index (χ0) is 20.7. The lowest BCUT2D eigenvalue weighted by Gasteiger charge is -2.40. The lowest BCUT2D eigenvalue weighted by Crippen LogP contribution is -2.53. The SMILES string of the molecule is C[C@H]1CN(S(=O)(=O)c2nccs2)CCN1c1ccc(C(C)(O)C(F)(F)F)cc1. The van der Waals surface area contributed by atoms with Gasteiger partial charge in [0.15, 0.2) is 5.60 Å². The Hall–Kier alpha value is -1.69. The third-order valence-corrected chi connectivity index (χ3v) is 7.92. The molecule has 2 atom stereocenters. The zero-order valence-corrected chi connectivity index (χ0v) is 16.9. The molecule has 1 aliphatic heterocycles. The van der Waals surface area contributed by atoms with E-state index in [0.29, 0.717) is 19.2 Å². The van der Waals surface area contributed by atoms with E-state index in [1.54, 1.807) is 5.38 Å². The van der Waals surface area contributed by atoms with Crippen LogP contribution < -0.4 is 4.90 Å². The summed E-state index contributed by atoms with van der Waals surface area (Å²) in [6.45, 7) is 3.44. The summed E-state index contributed by atoms with van der Waals surface area (Å²) < 4.78 is 65.6. The monoisotopic (exact) mass is 435 g/mol. The number of hydrogen-bond acceptors (Lipinski definition) is 6. The number of nitrogens with zero attached hydrogens (tertiary/aromatic N) is 3. The molecule has 1 aromatic heterocycles. The molecule has 1 N–H and O–H groups in total. The van der Waals surface area contributed by atoms with Crippen LogP contribution in [0.25, 0.3) is 0 Å². The first-order chi connectivity index (χ1) is 12.9. The molecule has 28 heavy (non-hydrogen) atoms. The molecule has 0 saturated carbocycles. The molecule has 154 valence electrons. The molecule has 2 heterocycles. The van der Waals surface area contributed by atoms with Gasteiger partial charge in [0.1, 0.15) is 0 Å². The number of halogens is 3. The number of aromatic nitrogens is 1. The second-order valence-electron chi connectivity index (χ2n) is 6.82. The van der Waals surface area contributed by atoms with Crippen molar-refractivity contribution in [3.8, 4) is 0 Å². The fourth-order valence-corrected chi connectivity index (χ4v) is 5.59. The summed E-state index contributed by atoms with van der Waals surface area (Å²) in [4.78, 5) is 5.81. The van der Waals surface area contributed by atoms with Crippen molar-refractivity contribution in [2.75, 3.05) is 24.5 Å². The van der Waals surface area contributed by atoms with Gasteiger partial charge >= 0.3 is 6.18 Å². The Morgan fingerprint density at radius 2 is 1.86 bits per heavy atom. The van der Waals surface area contributed by atoms with Gasteiger partial charge in [-0.1, -0.05) is 12.1 Å². The first kappa shape index (κ1) is 21.0. The second-order valence-corrected chi connectivity index (χ2v) is 9.83. The van der Waals surface area contributed by atoms with Gasteiger partial charge in [0.25, 0.3) is 10.0 Å². The summed E-state index contributed by atoms with van der Waals surface area (Å²) in [5.74, 6) is 0. The van der Waals surface area contributed by atoms with Crippen molar-refractivity contribution in [3.05, 3.63) is 41.4 Å². The number of piperazine rings is 1. The molecule has 0 aliphatic carbocycles. The number of sulfonamides is 1. The first-order valence-electron chi connectivity index (χ1n) is 8.50. The number of hydrogen-bond donors (Lipinski definition) is 1. The topological polar surface area (TPSA) is 73.7 Å². The first-order valence-corrected chi connectivity index (χ1v) is 10.8. The van der Waals surface area contributed by atoms with Crippen LogP contribution in [0.2, 0.25) is 0 Å². The van der Waals surface area contributed by atoms with E-state index in [0.717, 1.165) is 11.3 Å². The average molecular weight is 435 g/mol. The highest BCUT2D eigenvalue weighted by Crippen LogP contribution is 2.39. The van der Waals surface area contributed by atoms with E-state index in [4.69, 9.17) is 0 Å². The van der Waals surface area contributed by atoms with Crippen LogP contribution in [0, 0.1) is 0 Å². The van der Waals surface area contributed by atoms with Crippen molar-refractivity contribution >= 4 is 27.0 Å². The van der Waals surface area contributed by atoms with Crippen molar-refractivity contribution in [3.63, 3.8) is 0 Å². The highest BCUT2D eigenvalue weighted by molar-refractivity contribution is 7.91. The fourth-order valence-electron chi connectivity index (χ4n) is 3.12. The van der Waals surface area contributed by atoms with Gasteiger partial charge < -0.3 is 10.0 Å². The molecule has 1 saturated heterocycles. The summed E-state index contributed by atoms with van der Waals surface area (Å²) in [6, 6.07) is 5.33. The number of rotatable bonds is 4. The predicted octanol–water partition coefficient (Wildman–Crippen LogP) is 2.81. The maximum absolute atomic E-state index is 13.0. The molecule has 6 nitrogen and oxygen atoms in total. The number of thiazole rings is 1. The summed E-state index contributed by atoms with van der Waals surface area (Å²) in [7, 11) is -3.64. The van der Waals surface area contributed by atoms with Crippen LogP contribution in [-0.2, 0) is 15.6 Å². The van der Waals surface area contributed by atoms with Gasteiger partial charge in [-0.25, -0.2) is 13.4 Å². The molecular formula is C17H20F3N3O3S2. The highest BCUT2D eigenvalue weighted by Gasteiger charge is 2.51. The third-order valence-electron chi connectivity index (χ3n) is 4.87. The van der Waals surface area contributed by atoms with Gasteiger partial charge in [-0.15, -0.1) is 11.3 Å². The van der Waals surface area contributed by atoms with Crippen LogP contribution in [0.15, 0.2) is 40.2 Å². The highest BCUT2D eigenvalue weighted by atomic mass is 32.2. The molecule has 11 heteroatoms. The van der Waals surface area contributed by atoms with E-state index in [1.165, 1.54) is 34.8 Å². The van der Waals surface area contributed by atoms with Crippen LogP contribution in [0.3, 0.4) is 0 Å². The average Bonchev–Trinajstić information content (AvgIpc) is 3.16. The molecular weight excluding hydrogens is 415 g/mol. The zero-order valence-electron chi connectivity index (χ0n) is 15.2. The standard InChI is InChI=1S/C17H20F3N3O3S2/c1-12-11-22(28(25,26)15-21-7-10-27-15)8-9-23(12)14-5-3-13(4-6-14)16(2,24)17(18,19)20/h3-7,10,12,24H,8-9,11H2,1-2H3/t12-,16?/m0/s1. The van der Waals surface area contributed by atoms with Crippen molar-refractivity contribution in [2.45, 2.75) is 36.0 Å². The summed E-state index contributed by atoms with van der Waals surface area (Å²) in [6.07, 6.45) is -3.34. The second kappa shape index (κ2) is 7.29. The largest absolute Gasteiger partial charge is 0.421 e. The number of alkyl halides is 3. The Kier molecular flexibility index (Phi) is 5.47. The Bertz CT molecular complexity index is 913. The number of anilines is 1. The third kappa shape index (κ3) is 3.76. The van der Waals surface area contributed by atoms with Gasteiger partial charge in [-0.3, -0.25) is 0 Å². The Balaban J connectivity index is 1.75. The van der Waals surface area contributed by atoms with Crippen molar-refractivity contribution in [1.82, 2.24) is 9.29 Å². The predicted molar refractivity (Wildman–Crippen MR) is 99.7 cm³/mol. The summed E-state index contributed by atoms with van der Waals surface area (Å²) in [5.41, 5.74) is -2.51. The van der Waals surface area contributed by atoms with Crippen molar-refractivity contribution < 1.29 is 26.7 Å². The molecule has 1 aromatic carbocycles. The lowest BCUT2D eigenvalue weighted by atomic mass is 9.95. The van der Waals surface area contributed by atoms with Crippen molar-refractivity contribution in [2.24, 2.45) is 0 Å². The van der Waals surface area contributed by atoms with E-state index >= 15 is 0 Å². The van der Waals surface area contributed by atoms with Crippen LogP contribution in [0.4, 0.5) is 18.9 Å². The molecule has 0 spiro atoms. The van der Waals surface area contributed by atoms with Gasteiger partial charge in [-0.05, 0) is 31.5 Å². The quantitative estimate of drug-likeness (QED) is 0.800. The van der Waals surface area contributed by atoms with Gasteiger partial charge in [-0.2, -0.15) is 17.5 Å². The summed E-state index contributed by atoms with van der Waals surface area (Å²) in [5, 5.41) is 11.4. The van der Waals surface area contributed by atoms with Crippen LogP contribution in [0.1, 0.15) is 19.4 Å². The lowest BCUT2D eigenvalue weighted by molar-refractivity contribution is -0.258. The van der Waals surface area contributed by atoms with Gasteiger partial charge in [0, 0.05) is 42.9 Å². The van der Waals surface area contributed by atoms with E-state index in [2.05, 4.69) is 4.98 Å². The minimum absolute atomic E-state index is 0.0480.